The number of nitrogens with zero attached hydrogens (tertiary/aromatic N) is 2. The first kappa shape index (κ1) is 22.6. The molecule has 1 heterocycles. The molecule has 0 spiro atoms. The van der Waals surface area contributed by atoms with Gasteiger partial charge in [0.1, 0.15) is 28.7 Å². The number of benzene rings is 5. The van der Waals surface area contributed by atoms with Crippen molar-refractivity contribution in [1.82, 2.24) is 0 Å². The van der Waals surface area contributed by atoms with E-state index in [4.69, 9.17) is 10.2 Å². The molecule has 0 amide bonds. The van der Waals surface area contributed by atoms with Crippen molar-refractivity contribution in [2.24, 2.45) is 10.2 Å². The predicted octanol–water partition coefficient (Wildman–Crippen LogP) is 7.11. The van der Waals surface area contributed by atoms with Crippen molar-refractivity contribution in [3.8, 4) is 0 Å². The van der Waals surface area contributed by atoms with Gasteiger partial charge in [0.2, 0.25) is 0 Å². The van der Waals surface area contributed by atoms with Crippen molar-refractivity contribution >= 4 is 23.2 Å². The lowest BCUT2D eigenvalue weighted by Crippen LogP contribution is -2.39. The summed E-state index contributed by atoms with van der Waals surface area (Å²) < 4.78 is 0. The highest BCUT2D eigenvalue weighted by Gasteiger charge is 2.58. The van der Waals surface area contributed by atoms with Crippen LogP contribution >= 0.6 is 7.26 Å². The van der Waals surface area contributed by atoms with Gasteiger partial charge in [-0.15, -0.1) is 5.11 Å². The maximum Gasteiger partial charge on any atom is 0.194 e. The van der Waals surface area contributed by atoms with Gasteiger partial charge in [0, 0.05) is 6.42 Å². The minimum Gasteiger partial charge on any atom is -0.173 e. The van der Waals surface area contributed by atoms with Crippen LogP contribution in [0.4, 0.5) is 0 Å². The van der Waals surface area contributed by atoms with E-state index in [1.54, 1.807) is 0 Å². The average Bonchev–Trinajstić information content (AvgIpc) is 3.43. The second kappa shape index (κ2) is 9.64. The molecule has 1 aliphatic rings. The topological polar surface area (TPSA) is 24.7 Å². The molecule has 0 fully saturated rings. The van der Waals surface area contributed by atoms with Crippen LogP contribution in [0.2, 0.25) is 0 Å². The first-order chi connectivity index (χ1) is 17.8. The Kier molecular flexibility index (Phi) is 6.05. The van der Waals surface area contributed by atoms with Crippen molar-refractivity contribution in [3.63, 3.8) is 0 Å². The Bertz CT molecular complexity index is 1300. The van der Waals surface area contributed by atoms with Crippen molar-refractivity contribution < 1.29 is 0 Å². The molecule has 2 nitrogen and oxygen atoms in total. The quantitative estimate of drug-likeness (QED) is 0.230. The largest absolute Gasteiger partial charge is 0.194 e. The van der Waals surface area contributed by atoms with Crippen molar-refractivity contribution in [2.45, 2.75) is 17.7 Å². The van der Waals surface area contributed by atoms with Crippen molar-refractivity contribution in [3.05, 3.63) is 163 Å². The van der Waals surface area contributed by atoms with E-state index in [1.807, 2.05) is 0 Å². The predicted molar refractivity (Wildman–Crippen MR) is 152 cm³/mol. The monoisotopic (exact) mass is 483 g/mol. The van der Waals surface area contributed by atoms with Crippen LogP contribution in [0.3, 0.4) is 0 Å². The molecular weight excluding hydrogens is 455 g/mol. The molecule has 0 saturated carbocycles. The molecule has 1 atom stereocenters. The van der Waals surface area contributed by atoms with Crippen molar-refractivity contribution in [1.29, 1.82) is 0 Å². The molecule has 5 aromatic carbocycles. The Hall–Kier alpha value is -3.87. The molecule has 0 aromatic heterocycles. The maximum atomic E-state index is 5.22. The van der Waals surface area contributed by atoms with E-state index in [0.29, 0.717) is 0 Å². The highest BCUT2D eigenvalue weighted by Crippen LogP contribution is 2.65. The van der Waals surface area contributed by atoms with Gasteiger partial charge >= 0.3 is 0 Å². The van der Waals surface area contributed by atoms with Gasteiger partial charge in [-0.1, -0.05) is 115 Å². The lowest BCUT2D eigenvalue weighted by molar-refractivity contribution is 0.542. The summed E-state index contributed by atoms with van der Waals surface area (Å²) in [6.45, 7) is 0. The minimum absolute atomic E-state index is 0.00473. The number of azo groups is 1. The fourth-order valence-corrected chi connectivity index (χ4v) is 10.2. The molecule has 0 N–H and O–H groups in total. The smallest absolute Gasteiger partial charge is 0.173 e. The third-order valence-corrected chi connectivity index (χ3v) is 11.8. The maximum absolute atomic E-state index is 5.22. The lowest BCUT2D eigenvalue weighted by Gasteiger charge is -2.33. The summed E-state index contributed by atoms with van der Waals surface area (Å²) in [6.07, 6.45) is 0.813. The van der Waals surface area contributed by atoms with E-state index in [2.05, 4.69) is 152 Å². The Labute approximate surface area is 213 Å². The fourth-order valence-electron chi connectivity index (χ4n) is 5.62. The summed E-state index contributed by atoms with van der Waals surface area (Å²) >= 11 is 0. The number of hydrogen-bond donors (Lipinski definition) is 0. The first-order valence-electron chi connectivity index (χ1n) is 12.4. The molecule has 6 rings (SSSR count). The Morgan fingerprint density at radius 3 is 1.17 bits per heavy atom. The van der Waals surface area contributed by atoms with E-state index < -0.39 is 12.8 Å². The molecule has 0 bridgehead atoms. The molecule has 5 aromatic rings. The van der Waals surface area contributed by atoms with E-state index in [1.165, 1.54) is 27.0 Å². The summed E-state index contributed by atoms with van der Waals surface area (Å²) in [6, 6.07) is 54.3. The SMILES string of the molecule is c1ccc(C2(c3ccccc3)CC([P+](c3ccccc3)(c3ccccc3)c3ccccc3)N=N2)cc1. The summed E-state index contributed by atoms with van der Waals surface area (Å²) in [7, 11) is -2.18. The zero-order chi connectivity index (χ0) is 24.3. The number of hydrogen-bond acceptors (Lipinski definition) is 2. The van der Waals surface area contributed by atoms with E-state index in [0.717, 1.165) is 6.42 Å². The summed E-state index contributed by atoms with van der Waals surface area (Å²) in [5.74, 6) is 0.00473. The molecule has 174 valence electrons. The molecule has 3 heteroatoms. The molecule has 0 radical (unpaired) electrons. The van der Waals surface area contributed by atoms with Crippen LogP contribution in [0.15, 0.2) is 162 Å². The van der Waals surface area contributed by atoms with Crippen LogP contribution in [0.1, 0.15) is 17.5 Å². The third-order valence-electron chi connectivity index (χ3n) is 7.28. The Morgan fingerprint density at radius 2 is 0.806 bits per heavy atom. The third kappa shape index (κ3) is 3.70. The summed E-state index contributed by atoms with van der Waals surface area (Å²) in [5.41, 5.74) is 1.86. The van der Waals surface area contributed by atoms with Gasteiger partial charge in [0.25, 0.3) is 0 Å². The van der Waals surface area contributed by atoms with Crippen LogP contribution in [0.5, 0.6) is 0 Å². The zero-order valence-electron chi connectivity index (χ0n) is 20.1. The average molecular weight is 484 g/mol. The lowest BCUT2D eigenvalue weighted by atomic mass is 9.81. The van der Waals surface area contributed by atoms with E-state index >= 15 is 0 Å². The fraction of sp³-hybridized carbons (Fsp3) is 0.0909. The van der Waals surface area contributed by atoms with Gasteiger partial charge in [0.05, 0.1) is 0 Å². The first-order valence-corrected chi connectivity index (χ1v) is 14.3. The molecular formula is C33H28N2P+. The Morgan fingerprint density at radius 1 is 0.472 bits per heavy atom. The van der Waals surface area contributed by atoms with Crippen LogP contribution in [-0.2, 0) is 5.54 Å². The van der Waals surface area contributed by atoms with Gasteiger partial charge in [-0.3, -0.25) is 0 Å². The standard InChI is InChI=1S/C33H28N2P/c1-6-16-27(17-7-1)33(28-18-8-2-9-19-28)26-32(34-35-33)36(29-20-10-3-11-21-29,30-22-12-4-13-23-30)31-24-14-5-15-25-31/h1-25,32H,26H2/q+1. The molecule has 0 aliphatic carbocycles. The van der Waals surface area contributed by atoms with Gasteiger partial charge in [-0.05, 0) is 47.5 Å². The molecule has 36 heavy (non-hydrogen) atoms. The second-order valence-electron chi connectivity index (χ2n) is 9.22. The van der Waals surface area contributed by atoms with Gasteiger partial charge in [0.15, 0.2) is 5.78 Å². The zero-order valence-corrected chi connectivity index (χ0v) is 21.0. The van der Waals surface area contributed by atoms with E-state index in [9.17, 15) is 0 Å². The number of rotatable bonds is 6. The normalized spacial score (nSPS) is 16.6. The van der Waals surface area contributed by atoms with Gasteiger partial charge < -0.3 is 0 Å². The van der Waals surface area contributed by atoms with Crippen LogP contribution < -0.4 is 15.9 Å². The summed E-state index contributed by atoms with van der Waals surface area (Å²) in [4.78, 5) is 0. The van der Waals surface area contributed by atoms with Crippen LogP contribution in [0.25, 0.3) is 0 Å². The molecule has 1 aliphatic heterocycles. The minimum atomic E-state index is -2.18. The van der Waals surface area contributed by atoms with E-state index in [-0.39, 0.29) is 5.78 Å². The van der Waals surface area contributed by atoms with Crippen LogP contribution in [-0.4, -0.2) is 5.78 Å². The summed E-state index contributed by atoms with van der Waals surface area (Å²) in [5, 5.41) is 14.4. The van der Waals surface area contributed by atoms with Gasteiger partial charge in [-0.2, -0.15) is 5.11 Å². The van der Waals surface area contributed by atoms with Crippen molar-refractivity contribution in [2.75, 3.05) is 0 Å². The second-order valence-corrected chi connectivity index (χ2v) is 12.8. The Balaban J connectivity index is 1.61. The molecule has 0 saturated heterocycles. The van der Waals surface area contributed by atoms with Gasteiger partial charge in [-0.25, -0.2) is 0 Å². The highest BCUT2D eigenvalue weighted by molar-refractivity contribution is 7.96. The highest BCUT2D eigenvalue weighted by atomic mass is 31.2. The van der Waals surface area contributed by atoms with Crippen LogP contribution in [0, 0.1) is 0 Å². The molecule has 1 unspecified atom stereocenters.